The fraction of sp³-hybridized carbons (Fsp3) is 0. The second-order valence-electron chi connectivity index (χ2n) is 5.40. The quantitative estimate of drug-likeness (QED) is 0.476. The van der Waals surface area contributed by atoms with Gasteiger partial charge in [0.15, 0.2) is 5.82 Å². The first-order chi connectivity index (χ1) is 11.9. The van der Waals surface area contributed by atoms with E-state index < -0.39 is 0 Å². The second kappa shape index (κ2) is 6.36. The fourth-order valence-electron chi connectivity index (χ4n) is 2.54. The molecule has 0 unspecified atom stereocenters. The summed E-state index contributed by atoms with van der Waals surface area (Å²) in [6.07, 6.45) is 0. The van der Waals surface area contributed by atoms with E-state index in [0.717, 1.165) is 27.7 Å². The lowest BCUT2D eigenvalue weighted by Gasteiger charge is -2.05. The van der Waals surface area contributed by atoms with Crippen LogP contribution >= 0.6 is 0 Å². The second-order valence-corrected chi connectivity index (χ2v) is 5.40. The van der Waals surface area contributed by atoms with Crippen LogP contribution in [0.15, 0.2) is 84.9 Å². The highest BCUT2D eigenvalue weighted by molar-refractivity contribution is 5.85. The molecule has 4 aromatic rings. The molecule has 0 saturated carbocycles. The van der Waals surface area contributed by atoms with E-state index in [4.69, 9.17) is 4.98 Å². The van der Waals surface area contributed by atoms with Crippen molar-refractivity contribution in [1.29, 1.82) is 0 Å². The number of benzene rings is 3. The van der Waals surface area contributed by atoms with Gasteiger partial charge in [-0.25, -0.2) is 9.97 Å². The Labute approximate surface area is 140 Å². The summed E-state index contributed by atoms with van der Waals surface area (Å²) in [5.41, 5.74) is 3.62. The van der Waals surface area contributed by atoms with E-state index in [1.165, 1.54) is 0 Å². The zero-order valence-corrected chi connectivity index (χ0v) is 13.0. The molecule has 0 fully saturated rings. The lowest BCUT2D eigenvalue weighted by molar-refractivity contribution is 1.21. The molecule has 1 heterocycles. The molecule has 0 radical (unpaired) electrons. The molecule has 0 aliphatic rings. The van der Waals surface area contributed by atoms with Crippen LogP contribution in [0.3, 0.4) is 0 Å². The Balaban J connectivity index is 1.89. The van der Waals surface area contributed by atoms with Crippen LogP contribution in [-0.4, -0.2) is 9.97 Å². The van der Waals surface area contributed by atoms with Gasteiger partial charge in [-0.3, -0.25) is 0 Å². The molecular formula is C22H14N2. The average Bonchev–Trinajstić information content (AvgIpc) is 2.67. The summed E-state index contributed by atoms with van der Waals surface area (Å²) in [4.78, 5) is 9.38. The average molecular weight is 306 g/mol. The van der Waals surface area contributed by atoms with Crippen molar-refractivity contribution in [1.82, 2.24) is 9.97 Å². The molecule has 3 aromatic carbocycles. The summed E-state index contributed by atoms with van der Waals surface area (Å²) in [5.74, 6) is 7.11. The van der Waals surface area contributed by atoms with Gasteiger partial charge in [0.1, 0.15) is 5.69 Å². The van der Waals surface area contributed by atoms with Gasteiger partial charge in [-0.05, 0) is 30.2 Å². The van der Waals surface area contributed by atoms with Crippen molar-refractivity contribution in [3.8, 4) is 23.2 Å². The standard InChI is InChI=1S/C22H14N2/c1-3-9-17(10-4-1)15-16-21-19-13-7-8-14-20(19)23-22(24-21)18-11-5-2-6-12-18/h1-14H. The van der Waals surface area contributed by atoms with Crippen molar-refractivity contribution >= 4 is 10.9 Å². The van der Waals surface area contributed by atoms with Crippen LogP contribution < -0.4 is 0 Å². The molecule has 0 bridgehead atoms. The van der Waals surface area contributed by atoms with Gasteiger partial charge >= 0.3 is 0 Å². The Bertz CT molecular complexity index is 1040. The van der Waals surface area contributed by atoms with Crippen molar-refractivity contribution in [2.75, 3.05) is 0 Å². The molecule has 112 valence electrons. The van der Waals surface area contributed by atoms with E-state index in [1.807, 2.05) is 84.9 Å². The van der Waals surface area contributed by atoms with E-state index in [2.05, 4.69) is 16.8 Å². The first kappa shape index (κ1) is 14.2. The third kappa shape index (κ3) is 2.88. The van der Waals surface area contributed by atoms with Crippen molar-refractivity contribution in [2.24, 2.45) is 0 Å². The van der Waals surface area contributed by atoms with Gasteiger partial charge in [-0.1, -0.05) is 66.6 Å². The molecular weight excluding hydrogens is 292 g/mol. The third-order valence-corrected chi connectivity index (χ3v) is 3.73. The highest BCUT2D eigenvalue weighted by Gasteiger charge is 2.07. The molecule has 1 aromatic heterocycles. The van der Waals surface area contributed by atoms with Gasteiger partial charge < -0.3 is 0 Å². The van der Waals surface area contributed by atoms with Crippen LogP contribution in [-0.2, 0) is 0 Å². The number of nitrogens with zero attached hydrogens (tertiary/aromatic N) is 2. The molecule has 0 atom stereocenters. The number of hydrogen-bond acceptors (Lipinski definition) is 2. The summed E-state index contributed by atoms with van der Waals surface area (Å²) < 4.78 is 0. The monoisotopic (exact) mass is 306 g/mol. The van der Waals surface area contributed by atoms with E-state index in [9.17, 15) is 0 Å². The molecule has 0 spiro atoms. The molecule has 0 amide bonds. The van der Waals surface area contributed by atoms with E-state index >= 15 is 0 Å². The molecule has 2 heteroatoms. The van der Waals surface area contributed by atoms with Gasteiger partial charge in [0, 0.05) is 16.5 Å². The summed E-state index contributed by atoms with van der Waals surface area (Å²) in [6.45, 7) is 0. The Hall–Kier alpha value is -3.44. The minimum Gasteiger partial charge on any atom is -0.228 e. The van der Waals surface area contributed by atoms with Crippen molar-refractivity contribution in [3.05, 3.63) is 96.2 Å². The summed E-state index contributed by atoms with van der Waals surface area (Å²) in [5, 5.41) is 0.973. The van der Waals surface area contributed by atoms with Gasteiger partial charge in [-0.2, -0.15) is 0 Å². The van der Waals surface area contributed by atoms with Crippen LogP contribution in [0.1, 0.15) is 11.3 Å². The Kier molecular flexibility index (Phi) is 3.75. The predicted octanol–water partition coefficient (Wildman–Crippen LogP) is 4.70. The molecule has 0 aliphatic carbocycles. The molecule has 0 saturated heterocycles. The highest BCUT2D eigenvalue weighted by atomic mass is 14.9. The molecule has 0 aliphatic heterocycles. The van der Waals surface area contributed by atoms with E-state index in [1.54, 1.807) is 0 Å². The smallest absolute Gasteiger partial charge is 0.161 e. The minimum atomic E-state index is 0.701. The number of rotatable bonds is 1. The fourth-order valence-corrected chi connectivity index (χ4v) is 2.54. The van der Waals surface area contributed by atoms with E-state index in [0.29, 0.717) is 5.82 Å². The number of fused-ring (bicyclic) bond motifs is 1. The van der Waals surface area contributed by atoms with Crippen molar-refractivity contribution < 1.29 is 0 Å². The van der Waals surface area contributed by atoms with Crippen molar-refractivity contribution in [3.63, 3.8) is 0 Å². The molecule has 0 N–H and O–H groups in total. The van der Waals surface area contributed by atoms with E-state index in [-0.39, 0.29) is 0 Å². The first-order valence-electron chi connectivity index (χ1n) is 7.79. The van der Waals surface area contributed by atoms with Gasteiger partial charge in [-0.15, -0.1) is 0 Å². The summed E-state index contributed by atoms with van der Waals surface area (Å²) in [7, 11) is 0. The molecule has 4 rings (SSSR count). The van der Waals surface area contributed by atoms with Crippen molar-refractivity contribution in [2.45, 2.75) is 0 Å². The topological polar surface area (TPSA) is 25.8 Å². The predicted molar refractivity (Wildman–Crippen MR) is 97.4 cm³/mol. The van der Waals surface area contributed by atoms with Crippen LogP contribution in [0.4, 0.5) is 0 Å². The van der Waals surface area contributed by atoms with Crippen LogP contribution in [0, 0.1) is 11.8 Å². The minimum absolute atomic E-state index is 0.701. The summed E-state index contributed by atoms with van der Waals surface area (Å²) >= 11 is 0. The Morgan fingerprint density at radius 2 is 1.25 bits per heavy atom. The molecule has 2 nitrogen and oxygen atoms in total. The maximum atomic E-state index is 4.70. The van der Waals surface area contributed by atoms with Gasteiger partial charge in [0.05, 0.1) is 5.52 Å². The zero-order chi connectivity index (χ0) is 16.2. The Morgan fingerprint density at radius 3 is 2.04 bits per heavy atom. The molecule has 24 heavy (non-hydrogen) atoms. The lowest BCUT2D eigenvalue weighted by atomic mass is 10.1. The van der Waals surface area contributed by atoms with Crippen LogP contribution in [0.25, 0.3) is 22.3 Å². The number of aromatic nitrogens is 2. The Morgan fingerprint density at radius 1 is 0.583 bits per heavy atom. The maximum Gasteiger partial charge on any atom is 0.161 e. The SMILES string of the molecule is C(#Cc1nc(-c2ccccc2)nc2ccccc12)c1ccccc1. The normalized spacial score (nSPS) is 10.2. The van der Waals surface area contributed by atoms with Crippen LogP contribution in [0.5, 0.6) is 0 Å². The lowest BCUT2D eigenvalue weighted by Crippen LogP contribution is -1.95. The van der Waals surface area contributed by atoms with Gasteiger partial charge in [0.25, 0.3) is 0 Å². The van der Waals surface area contributed by atoms with Crippen LogP contribution in [0.2, 0.25) is 0 Å². The number of hydrogen-bond donors (Lipinski definition) is 0. The number of para-hydroxylation sites is 1. The highest BCUT2D eigenvalue weighted by Crippen LogP contribution is 2.21. The maximum absolute atomic E-state index is 4.70. The summed E-state index contributed by atoms with van der Waals surface area (Å²) in [6, 6.07) is 27.9. The zero-order valence-electron chi connectivity index (χ0n) is 13.0. The third-order valence-electron chi connectivity index (χ3n) is 3.73. The van der Waals surface area contributed by atoms with Gasteiger partial charge in [0.2, 0.25) is 0 Å². The largest absolute Gasteiger partial charge is 0.228 e. The first-order valence-corrected chi connectivity index (χ1v) is 7.79.